The summed E-state index contributed by atoms with van der Waals surface area (Å²) in [6, 6.07) is 4.41. The number of rotatable bonds is 11. The number of carbonyl (C=O) groups excluding carboxylic acids is 1. The monoisotopic (exact) mass is 641 g/mol. The number of alkyl halides is 3. The SMILES string of the molecule is Cc1c(C(=O)NC(C)CCC(C)(C)C(=O)O)cc(-c2ccc(S(=O)(=O)NC(C)(C)C)c(C(F)(F)F)c2)n1CC1CCCCC1. The van der Waals surface area contributed by atoms with Gasteiger partial charge in [-0.3, -0.25) is 9.59 Å². The molecule has 1 aromatic carbocycles. The van der Waals surface area contributed by atoms with E-state index in [4.69, 9.17) is 0 Å². The van der Waals surface area contributed by atoms with Gasteiger partial charge in [0.15, 0.2) is 0 Å². The number of hydrogen-bond acceptors (Lipinski definition) is 4. The van der Waals surface area contributed by atoms with Crippen LogP contribution < -0.4 is 10.0 Å². The van der Waals surface area contributed by atoms with Gasteiger partial charge in [0.05, 0.1) is 21.4 Å². The molecule has 2 aromatic rings. The van der Waals surface area contributed by atoms with Crippen molar-refractivity contribution >= 4 is 21.9 Å². The average Bonchev–Trinajstić information content (AvgIpc) is 3.21. The highest BCUT2D eigenvalue weighted by molar-refractivity contribution is 7.89. The van der Waals surface area contributed by atoms with Crippen LogP contribution in [0.2, 0.25) is 0 Å². The third-order valence-electron chi connectivity index (χ3n) is 8.25. The zero-order valence-corrected chi connectivity index (χ0v) is 27.5. The lowest BCUT2D eigenvalue weighted by Gasteiger charge is -2.25. The molecule has 0 spiro atoms. The van der Waals surface area contributed by atoms with Gasteiger partial charge in [0, 0.05) is 29.5 Å². The Balaban J connectivity index is 2.06. The molecule has 1 unspecified atom stereocenters. The molecule has 1 fully saturated rings. The number of nitrogens with one attached hydrogen (secondary N) is 2. The zero-order valence-electron chi connectivity index (χ0n) is 26.7. The van der Waals surface area contributed by atoms with Gasteiger partial charge in [0.2, 0.25) is 10.0 Å². The first-order chi connectivity index (χ1) is 20.1. The maximum Gasteiger partial charge on any atom is 0.417 e. The van der Waals surface area contributed by atoms with Crippen molar-refractivity contribution in [3.8, 4) is 11.3 Å². The maximum atomic E-state index is 14.3. The number of benzene rings is 1. The molecule has 8 nitrogen and oxygen atoms in total. The van der Waals surface area contributed by atoms with Crippen LogP contribution in [0.15, 0.2) is 29.2 Å². The first kappa shape index (κ1) is 35.6. The number of carboxylic acids is 1. The van der Waals surface area contributed by atoms with E-state index in [-0.39, 0.29) is 11.6 Å². The van der Waals surface area contributed by atoms with Gasteiger partial charge in [-0.25, -0.2) is 13.1 Å². The molecule has 12 heteroatoms. The van der Waals surface area contributed by atoms with Gasteiger partial charge in [-0.1, -0.05) is 25.3 Å². The van der Waals surface area contributed by atoms with E-state index >= 15 is 0 Å². The first-order valence-corrected chi connectivity index (χ1v) is 16.6. The number of aromatic nitrogens is 1. The predicted molar refractivity (Wildman–Crippen MR) is 164 cm³/mol. The highest BCUT2D eigenvalue weighted by Gasteiger charge is 2.39. The van der Waals surface area contributed by atoms with Gasteiger partial charge in [-0.05, 0) is 104 Å². The molecule has 0 bridgehead atoms. The normalized spacial score (nSPS) is 16.1. The Bertz CT molecular complexity index is 1470. The Hall–Kier alpha value is -2.86. The van der Waals surface area contributed by atoms with Crippen molar-refractivity contribution in [1.82, 2.24) is 14.6 Å². The number of sulfonamides is 1. The van der Waals surface area contributed by atoms with E-state index in [9.17, 15) is 36.3 Å². The second-order valence-corrected chi connectivity index (χ2v) is 15.5. The number of hydrogen-bond donors (Lipinski definition) is 3. The van der Waals surface area contributed by atoms with Crippen molar-refractivity contribution < 1.29 is 36.3 Å². The fourth-order valence-electron chi connectivity index (χ4n) is 5.64. The van der Waals surface area contributed by atoms with Crippen molar-refractivity contribution in [1.29, 1.82) is 0 Å². The van der Waals surface area contributed by atoms with Gasteiger partial charge in [-0.15, -0.1) is 0 Å². The Kier molecular flexibility index (Phi) is 10.7. The van der Waals surface area contributed by atoms with E-state index in [0.29, 0.717) is 42.3 Å². The number of carbonyl (C=O) groups is 2. The quantitative estimate of drug-likeness (QED) is 0.241. The molecular weight excluding hydrogens is 595 g/mol. The number of carboxylic acid groups (broad SMARTS) is 1. The summed E-state index contributed by atoms with van der Waals surface area (Å²) >= 11 is 0. The van der Waals surface area contributed by atoms with Crippen LogP contribution in [0.3, 0.4) is 0 Å². The molecule has 1 saturated carbocycles. The zero-order chi connectivity index (χ0) is 33.3. The summed E-state index contributed by atoms with van der Waals surface area (Å²) in [5.41, 5.74) is -1.77. The second kappa shape index (κ2) is 13.2. The summed E-state index contributed by atoms with van der Waals surface area (Å²) < 4.78 is 73.2. The molecule has 3 N–H and O–H groups in total. The molecule has 0 aliphatic heterocycles. The van der Waals surface area contributed by atoms with Gasteiger partial charge >= 0.3 is 12.1 Å². The van der Waals surface area contributed by atoms with Crippen LogP contribution in [0.4, 0.5) is 13.2 Å². The van der Waals surface area contributed by atoms with E-state index in [1.54, 1.807) is 54.5 Å². The fraction of sp³-hybridized carbons (Fsp3) is 0.625. The number of halogens is 3. The van der Waals surface area contributed by atoms with Gasteiger partial charge in [0.25, 0.3) is 5.91 Å². The molecule has 3 rings (SSSR count). The van der Waals surface area contributed by atoms with E-state index in [0.717, 1.165) is 44.2 Å². The lowest BCUT2D eigenvalue weighted by atomic mass is 9.86. The number of amides is 1. The molecule has 1 amide bonds. The third kappa shape index (κ3) is 8.87. The van der Waals surface area contributed by atoms with Crippen molar-refractivity contribution in [3.63, 3.8) is 0 Å². The molecule has 1 aromatic heterocycles. The summed E-state index contributed by atoms with van der Waals surface area (Å²) in [6.07, 6.45) is 1.01. The molecule has 1 atom stereocenters. The minimum atomic E-state index is -4.95. The summed E-state index contributed by atoms with van der Waals surface area (Å²) in [6.45, 7) is 12.0. The summed E-state index contributed by atoms with van der Waals surface area (Å²) in [5, 5.41) is 12.3. The fourth-order valence-corrected chi connectivity index (χ4v) is 7.27. The Morgan fingerprint density at radius 1 is 1.05 bits per heavy atom. The van der Waals surface area contributed by atoms with Crippen LogP contribution in [0, 0.1) is 18.3 Å². The molecule has 1 aliphatic carbocycles. The summed E-state index contributed by atoms with van der Waals surface area (Å²) in [4.78, 5) is 24.1. The van der Waals surface area contributed by atoms with Crippen LogP contribution in [0.1, 0.15) is 108 Å². The number of nitrogens with zero attached hydrogens (tertiary/aromatic N) is 1. The molecule has 1 heterocycles. The van der Waals surface area contributed by atoms with Crippen LogP contribution in [-0.2, 0) is 27.5 Å². The first-order valence-electron chi connectivity index (χ1n) is 15.1. The summed E-state index contributed by atoms with van der Waals surface area (Å²) in [5.74, 6) is -1.04. The molecular formula is C32H46F3N3O5S. The van der Waals surface area contributed by atoms with E-state index in [1.807, 2.05) is 4.57 Å². The number of aliphatic carboxylic acids is 1. The van der Waals surface area contributed by atoms with Crippen LogP contribution in [-0.4, -0.2) is 41.5 Å². The lowest BCUT2D eigenvalue weighted by molar-refractivity contribution is -0.147. The van der Waals surface area contributed by atoms with Crippen molar-refractivity contribution in [2.24, 2.45) is 11.3 Å². The van der Waals surface area contributed by atoms with Crippen LogP contribution >= 0.6 is 0 Å². The van der Waals surface area contributed by atoms with Gasteiger partial charge in [-0.2, -0.15) is 13.2 Å². The highest BCUT2D eigenvalue weighted by Crippen LogP contribution is 2.39. The third-order valence-corrected chi connectivity index (χ3v) is 10.1. The molecule has 44 heavy (non-hydrogen) atoms. The van der Waals surface area contributed by atoms with Crippen molar-refractivity contribution in [2.45, 2.75) is 123 Å². The average molecular weight is 642 g/mol. The molecule has 246 valence electrons. The minimum Gasteiger partial charge on any atom is -0.481 e. The molecule has 1 aliphatic rings. The Morgan fingerprint density at radius 3 is 2.20 bits per heavy atom. The highest BCUT2D eigenvalue weighted by atomic mass is 32.2. The topological polar surface area (TPSA) is 118 Å². The van der Waals surface area contributed by atoms with Gasteiger partial charge < -0.3 is 15.0 Å². The van der Waals surface area contributed by atoms with Crippen molar-refractivity contribution in [2.75, 3.05) is 0 Å². The largest absolute Gasteiger partial charge is 0.481 e. The second-order valence-electron chi connectivity index (χ2n) is 13.8. The van der Waals surface area contributed by atoms with Crippen molar-refractivity contribution in [3.05, 3.63) is 41.1 Å². The predicted octanol–water partition coefficient (Wildman–Crippen LogP) is 7.15. The summed E-state index contributed by atoms with van der Waals surface area (Å²) in [7, 11) is -4.49. The van der Waals surface area contributed by atoms with E-state index < -0.39 is 49.5 Å². The van der Waals surface area contributed by atoms with Crippen LogP contribution in [0.5, 0.6) is 0 Å². The van der Waals surface area contributed by atoms with E-state index in [1.165, 1.54) is 6.07 Å². The Morgan fingerprint density at radius 2 is 1.66 bits per heavy atom. The minimum absolute atomic E-state index is 0.154. The van der Waals surface area contributed by atoms with E-state index in [2.05, 4.69) is 10.0 Å². The Labute approximate surface area is 258 Å². The standard InChI is InChI=1S/C32H46F3N3O5S/c1-20(15-16-31(6,7)29(40)41)36-28(39)24-18-26(38(21(24)2)19-22-11-9-8-10-12-22)23-13-14-27(25(17-23)32(33,34)35)44(42,43)37-30(3,4)5/h13-14,17-18,20,22,37H,8-12,15-16,19H2,1-7H3,(H,36,39)(H,40,41). The lowest BCUT2D eigenvalue weighted by Crippen LogP contribution is -2.41. The smallest absolute Gasteiger partial charge is 0.417 e. The molecule has 0 radical (unpaired) electrons. The van der Waals surface area contributed by atoms with Crippen LogP contribution in [0.25, 0.3) is 11.3 Å². The maximum absolute atomic E-state index is 14.3. The molecule has 0 saturated heterocycles. The van der Waals surface area contributed by atoms with Gasteiger partial charge in [0.1, 0.15) is 0 Å².